The number of para-hydroxylation sites is 1. The number of anilines is 1. The number of fused-ring (bicyclic) bond motifs is 2. The van der Waals surface area contributed by atoms with Gasteiger partial charge >= 0.3 is 0 Å². The Morgan fingerprint density at radius 3 is 2.75 bits per heavy atom. The molecule has 0 bridgehead atoms. The molecule has 5 nitrogen and oxygen atoms in total. The molecule has 0 atom stereocenters. The van der Waals surface area contributed by atoms with Gasteiger partial charge in [0.2, 0.25) is 0 Å². The zero-order valence-corrected chi connectivity index (χ0v) is 16.2. The first-order valence-corrected chi connectivity index (χ1v) is 9.54. The number of benzene rings is 2. The minimum Gasteiger partial charge on any atom is -0.360 e. The number of likely N-dealkylation sites (N-methyl/N-ethyl adjacent to an activating group) is 1. The van der Waals surface area contributed by atoms with Crippen LogP contribution in [0.4, 0.5) is 13.9 Å². The molecule has 0 spiro atoms. The van der Waals surface area contributed by atoms with E-state index in [9.17, 15) is 13.6 Å². The third-order valence-electron chi connectivity index (χ3n) is 4.47. The quantitative estimate of drug-likeness (QED) is 0.545. The Bertz CT molecular complexity index is 1170. The summed E-state index contributed by atoms with van der Waals surface area (Å²) in [7, 11) is 3.81. The number of hydrogen-bond donors (Lipinski definition) is 1. The molecule has 0 fully saturated rings. The molecule has 0 aliphatic rings. The Labute approximate surface area is 164 Å². The lowest BCUT2D eigenvalue weighted by Gasteiger charge is -2.21. The Balaban J connectivity index is 1.79. The highest BCUT2D eigenvalue weighted by Crippen LogP contribution is 2.32. The molecule has 0 radical (unpaired) electrons. The first-order valence-electron chi connectivity index (χ1n) is 8.72. The highest BCUT2D eigenvalue weighted by atomic mass is 32.1. The summed E-state index contributed by atoms with van der Waals surface area (Å²) in [5, 5.41) is 1.15. The van der Waals surface area contributed by atoms with Crippen LogP contribution in [-0.2, 0) is 0 Å². The normalized spacial score (nSPS) is 11.6. The third kappa shape index (κ3) is 3.36. The summed E-state index contributed by atoms with van der Waals surface area (Å²) in [5.74, 6) is -1.63. The molecule has 2 aromatic carbocycles. The van der Waals surface area contributed by atoms with Crippen molar-refractivity contribution in [2.24, 2.45) is 0 Å². The molecule has 0 saturated heterocycles. The zero-order valence-electron chi connectivity index (χ0n) is 15.4. The fraction of sp³-hybridized carbons (Fsp3) is 0.200. The third-order valence-corrected chi connectivity index (χ3v) is 5.49. The van der Waals surface area contributed by atoms with E-state index in [0.717, 1.165) is 28.3 Å². The number of aromatic amines is 1. The second kappa shape index (κ2) is 7.29. The minimum absolute atomic E-state index is 0.0722. The van der Waals surface area contributed by atoms with E-state index < -0.39 is 11.6 Å². The summed E-state index contributed by atoms with van der Waals surface area (Å²) < 4.78 is 28.0. The molecule has 1 amide bonds. The molecule has 0 unspecified atom stereocenters. The van der Waals surface area contributed by atoms with Crippen LogP contribution in [0.1, 0.15) is 10.4 Å². The highest BCUT2D eigenvalue weighted by Gasteiger charge is 2.24. The summed E-state index contributed by atoms with van der Waals surface area (Å²) in [6.45, 7) is 0.968. The topological polar surface area (TPSA) is 52.2 Å². The predicted octanol–water partition coefficient (Wildman–Crippen LogP) is 4.26. The van der Waals surface area contributed by atoms with Crippen molar-refractivity contribution in [3.8, 4) is 0 Å². The van der Waals surface area contributed by atoms with Crippen molar-refractivity contribution in [1.82, 2.24) is 14.9 Å². The maximum Gasteiger partial charge on any atom is 0.262 e. The van der Waals surface area contributed by atoms with E-state index in [2.05, 4.69) is 9.97 Å². The van der Waals surface area contributed by atoms with Crippen molar-refractivity contribution >= 4 is 43.5 Å². The Morgan fingerprint density at radius 2 is 1.96 bits per heavy atom. The summed E-state index contributed by atoms with van der Waals surface area (Å²) in [5.41, 5.74) is 1.44. The summed E-state index contributed by atoms with van der Waals surface area (Å²) in [4.78, 5) is 24.2. The zero-order chi connectivity index (χ0) is 19.8. The molecule has 2 heterocycles. The van der Waals surface area contributed by atoms with Crippen molar-refractivity contribution in [1.29, 1.82) is 0 Å². The number of thiazole rings is 1. The van der Waals surface area contributed by atoms with Crippen molar-refractivity contribution in [2.45, 2.75) is 0 Å². The summed E-state index contributed by atoms with van der Waals surface area (Å²) in [6, 6.07) is 9.56. The van der Waals surface area contributed by atoms with Gasteiger partial charge in [0, 0.05) is 36.3 Å². The summed E-state index contributed by atoms with van der Waals surface area (Å²) >= 11 is 1.10. The number of rotatable bonds is 5. The second-order valence-corrected chi connectivity index (χ2v) is 7.75. The van der Waals surface area contributed by atoms with E-state index in [1.165, 1.54) is 11.0 Å². The number of nitrogens with zero attached hydrogens (tertiary/aromatic N) is 3. The smallest absolute Gasteiger partial charge is 0.262 e. The van der Waals surface area contributed by atoms with Crippen LogP contribution < -0.4 is 4.90 Å². The van der Waals surface area contributed by atoms with Crippen LogP contribution in [0, 0.1) is 11.6 Å². The van der Waals surface area contributed by atoms with Gasteiger partial charge < -0.3 is 9.88 Å². The van der Waals surface area contributed by atoms with Gasteiger partial charge in [-0.15, -0.1) is 0 Å². The maximum atomic E-state index is 14.1. The molecule has 28 heavy (non-hydrogen) atoms. The van der Waals surface area contributed by atoms with Gasteiger partial charge in [-0.2, -0.15) is 0 Å². The lowest BCUT2D eigenvalue weighted by atomic mass is 10.1. The molecule has 2 aromatic heterocycles. The molecular formula is C20H18F2N4OS. The number of carbonyl (C=O) groups excluding carboxylic acids is 1. The Kier molecular flexibility index (Phi) is 4.82. The van der Waals surface area contributed by atoms with E-state index in [-0.39, 0.29) is 11.4 Å². The molecule has 144 valence electrons. The maximum absolute atomic E-state index is 14.1. The van der Waals surface area contributed by atoms with Crippen molar-refractivity contribution in [2.75, 3.05) is 32.1 Å². The van der Waals surface area contributed by atoms with Gasteiger partial charge in [-0.05, 0) is 26.2 Å². The van der Waals surface area contributed by atoms with Crippen molar-refractivity contribution < 1.29 is 13.6 Å². The summed E-state index contributed by atoms with van der Waals surface area (Å²) in [6.07, 6.45) is 1.67. The van der Waals surface area contributed by atoms with Gasteiger partial charge in [-0.1, -0.05) is 29.5 Å². The van der Waals surface area contributed by atoms with E-state index in [4.69, 9.17) is 0 Å². The SMILES string of the molecule is CN(C)CCN(C(=O)c1c[nH]c2ccccc12)c1nc2c(F)cc(F)cc2s1. The van der Waals surface area contributed by atoms with Gasteiger partial charge in [0.25, 0.3) is 5.91 Å². The average Bonchev–Trinajstić information content (AvgIpc) is 3.25. The van der Waals surface area contributed by atoms with Crippen LogP contribution in [0.5, 0.6) is 0 Å². The number of amides is 1. The van der Waals surface area contributed by atoms with E-state index in [1.54, 1.807) is 6.20 Å². The van der Waals surface area contributed by atoms with Gasteiger partial charge in [-0.25, -0.2) is 13.8 Å². The molecule has 0 aliphatic carbocycles. The average molecular weight is 400 g/mol. The van der Waals surface area contributed by atoms with Crippen LogP contribution in [0.3, 0.4) is 0 Å². The number of nitrogens with one attached hydrogen (secondary N) is 1. The first kappa shape index (κ1) is 18.5. The number of carbonyl (C=O) groups is 1. The predicted molar refractivity (Wildman–Crippen MR) is 108 cm³/mol. The van der Waals surface area contributed by atoms with E-state index in [0.29, 0.717) is 28.5 Å². The lowest BCUT2D eigenvalue weighted by Crippen LogP contribution is -2.36. The van der Waals surface area contributed by atoms with E-state index >= 15 is 0 Å². The molecule has 0 aliphatic heterocycles. The van der Waals surface area contributed by atoms with Gasteiger partial charge in [-0.3, -0.25) is 9.69 Å². The van der Waals surface area contributed by atoms with Crippen LogP contribution in [-0.4, -0.2) is 48.0 Å². The fourth-order valence-electron chi connectivity index (χ4n) is 3.04. The minimum atomic E-state index is -0.732. The number of hydrogen-bond acceptors (Lipinski definition) is 4. The van der Waals surface area contributed by atoms with Gasteiger partial charge in [0.05, 0.1) is 10.3 Å². The molecule has 4 aromatic rings. The number of aromatic nitrogens is 2. The molecule has 1 N–H and O–H groups in total. The fourth-order valence-corrected chi connectivity index (χ4v) is 4.07. The van der Waals surface area contributed by atoms with Gasteiger partial charge in [0.15, 0.2) is 10.9 Å². The largest absolute Gasteiger partial charge is 0.360 e. The standard InChI is InChI=1S/C20H18F2N4OS/c1-25(2)7-8-26(19(27)14-11-23-16-6-4-3-5-13(14)16)20-24-18-15(22)9-12(21)10-17(18)28-20/h3-6,9-11,23H,7-8H2,1-2H3. The highest BCUT2D eigenvalue weighted by molar-refractivity contribution is 7.22. The first-order chi connectivity index (χ1) is 13.4. The lowest BCUT2D eigenvalue weighted by molar-refractivity contribution is 0.0987. The monoisotopic (exact) mass is 400 g/mol. The molecule has 0 saturated carbocycles. The van der Waals surface area contributed by atoms with Crippen molar-refractivity contribution in [3.05, 3.63) is 59.8 Å². The number of halogens is 2. The number of H-pyrrole nitrogens is 1. The van der Waals surface area contributed by atoms with E-state index in [1.807, 2.05) is 43.3 Å². The molecule has 8 heteroatoms. The van der Waals surface area contributed by atoms with Crippen LogP contribution in [0.15, 0.2) is 42.6 Å². The molecular weight excluding hydrogens is 382 g/mol. The van der Waals surface area contributed by atoms with Crippen molar-refractivity contribution in [3.63, 3.8) is 0 Å². The Morgan fingerprint density at radius 1 is 1.18 bits per heavy atom. The Hall–Kier alpha value is -2.84. The van der Waals surface area contributed by atoms with Gasteiger partial charge in [0.1, 0.15) is 11.3 Å². The van der Waals surface area contributed by atoms with Crippen LogP contribution in [0.25, 0.3) is 21.1 Å². The van der Waals surface area contributed by atoms with Crippen LogP contribution in [0.2, 0.25) is 0 Å². The second-order valence-electron chi connectivity index (χ2n) is 6.74. The van der Waals surface area contributed by atoms with Crippen LogP contribution >= 0.6 is 11.3 Å². The molecule has 4 rings (SSSR count).